The van der Waals surface area contributed by atoms with Gasteiger partial charge in [0.2, 0.25) is 0 Å². The maximum absolute atomic E-state index is 9.23. The highest BCUT2D eigenvalue weighted by molar-refractivity contribution is 5.45. The van der Waals surface area contributed by atoms with E-state index in [2.05, 4.69) is 49.4 Å². The number of fused-ring (bicyclic) bond motifs is 1. The first kappa shape index (κ1) is 18.8. The molecule has 0 saturated carbocycles. The van der Waals surface area contributed by atoms with Gasteiger partial charge in [-0.1, -0.05) is 31.5 Å². The minimum atomic E-state index is 0.0866. The highest BCUT2D eigenvalue weighted by Gasteiger charge is 2.40. The zero-order chi connectivity index (χ0) is 18.6. The normalized spacial score (nSPS) is 21.9. The number of hydrogen-bond donors (Lipinski definition) is 1. The summed E-state index contributed by atoms with van der Waals surface area (Å²) in [6.07, 6.45) is 5.16. The lowest BCUT2D eigenvalue weighted by Gasteiger charge is -2.44. The van der Waals surface area contributed by atoms with E-state index in [1.807, 2.05) is 0 Å². The molecule has 0 saturated heterocycles. The van der Waals surface area contributed by atoms with Crippen LogP contribution >= 0.6 is 0 Å². The molecule has 2 aromatic carbocycles. The monoisotopic (exact) mass is 354 g/mol. The number of aryl methyl sites for hydroxylation is 1. The summed E-state index contributed by atoms with van der Waals surface area (Å²) in [6.45, 7) is 2.66. The van der Waals surface area contributed by atoms with Gasteiger partial charge in [-0.25, -0.2) is 0 Å². The van der Waals surface area contributed by atoms with Crippen molar-refractivity contribution in [2.75, 3.05) is 20.8 Å². The maximum atomic E-state index is 9.23. The third kappa shape index (κ3) is 3.59. The van der Waals surface area contributed by atoms with Crippen LogP contribution in [0, 0.1) is 0 Å². The van der Waals surface area contributed by atoms with Crippen LogP contribution in [0.25, 0.3) is 0 Å². The van der Waals surface area contributed by atoms with Gasteiger partial charge in [0.1, 0.15) is 11.5 Å². The lowest BCUT2D eigenvalue weighted by molar-refractivity contribution is 0.264. The fraction of sp³-hybridized carbons (Fsp3) is 0.478. The fourth-order valence-corrected chi connectivity index (χ4v) is 4.43. The Labute approximate surface area is 157 Å². The molecule has 2 aromatic rings. The predicted molar refractivity (Wildman–Crippen MR) is 105 cm³/mol. The van der Waals surface area contributed by atoms with Crippen LogP contribution in [0.2, 0.25) is 0 Å². The number of benzene rings is 2. The smallest absolute Gasteiger partial charge is 0.119 e. The summed E-state index contributed by atoms with van der Waals surface area (Å²) in [4.78, 5) is 0. The number of unbranched alkanes of at least 4 members (excludes halogenated alkanes) is 1. The van der Waals surface area contributed by atoms with Gasteiger partial charge in [-0.15, -0.1) is 0 Å². The van der Waals surface area contributed by atoms with Gasteiger partial charge < -0.3 is 14.6 Å². The van der Waals surface area contributed by atoms with E-state index in [-0.39, 0.29) is 12.0 Å². The Bertz CT molecular complexity index is 723. The molecular weight excluding hydrogens is 324 g/mol. The van der Waals surface area contributed by atoms with E-state index < -0.39 is 0 Å². The first-order valence-corrected chi connectivity index (χ1v) is 9.54. The summed E-state index contributed by atoms with van der Waals surface area (Å²) in [7, 11) is 3.43. The first-order valence-electron chi connectivity index (χ1n) is 9.54. The van der Waals surface area contributed by atoms with Crippen molar-refractivity contribution in [3.05, 3.63) is 59.2 Å². The van der Waals surface area contributed by atoms with E-state index >= 15 is 0 Å². The van der Waals surface area contributed by atoms with Crippen molar-refractivity contribution in [1.29, 1.82) is 0 Å². The number of methoxy groups -OCH3 is 2. The Balaban J connectivity index is 1.98. The lowest BCUT2D eigenvalue weighted by atomic mass is 9.60. The van der Waals surface area contributed by atoms with Gasteiger partial charge in [-0.3, -0.25) is 0 Å². The molecule has 2 unspecified atom stereocenters. The molecule has 0 amide bonds. The van der Waals surface area contributed by atoms with Gasteiger partial charge in [-0.05, 0) is 78.0 Å². The highest BCUT2D eigenvalue weighted by Crippen LogP contribution is 2.50. The topological polar surface area (TPSA) is 38.7 Å². The zero-order valence-electron chi connectivity index (χ0n) is 16.1. The average molecular weight is 354 g/mol. The van der Waals surface area contributed by atoms with Crippen molar-refractivity contribution in [3.8, 4) is 11.5 Å². The van der Waals surface area contributed by atoms with Crippen molar-refractivity contribution in [2.45, 2.75) is 50.4 Å². The molecule has 140 valence electrons. The van der Waals surface area contributed by atoms with Gasteiger partial charge in [-0.2, -0.15) is 0 Å². The van der Waals surface area contributed by atoms with Gasteiger partial charge in [0.25, 0.3) is 0 Å². The molecule has 3 heteroatoms. The van der Waals surface area contributed by atoms with E-state index in [1.54, 1.807) is 14.2 Å². The number of aliphatic hydroxyl groups excluding tert-OH is 1. The van der Waals surface area contributed by atoms with Crippen LogP contribution < -0.4 is 9.47 Å². The Kier molecular flexibility index (Phi) is 5.87. The summed E-state index contributed by atoms with van der Waals surface area (Å²) in [6, 6.07) is 15.1. The summed E-state index contributed by atoms with van der Waals surface area (Å²) in [5.41, 5.74) is 4.30. The molecule has 1 aliphatic carbocycles. The second-order valence-electron chi connectivity index (χ2n) is 7.48. The first-order chi connectivity index (χ1) is 12.6. The highest BCUT2D eigenvalue weighted by atomic mass is 16.5. The van der Waals surface area contributed by atoms with Crippen LogP contribution in [0.1, 0.15) is 55.2 Å². The molecule has 26 heavy (non-hydrogen) atoms. The number of rotatable bonds is 7. The Morgan fingerprint density at radius 1 is 1.00 bits per heavy atom. The Morgan fingerprint density at radius 3 is 2.35 bits per heavy atom. The second kappa shape index (κ2) is 8.13. The van der Waals surface area contributed by atoms with Crippen LogP contribution in [0.15, 0.2) is 42.5 Å². The van der Waals surface area contributed by atoms with Crippen molar-refractivity contribution in [3.63, 3.8) is 0 Å². The molecule has 1 N–H and O–H groups in total. The van der Waals surface area contributed by atoms with Crippen LogP contribution in [0.3, 0.4) is 0 Å². The molecule has 1 aliphatic rings. The number of ether oxygens (including phenoxy) is 2. The minimum Gasteiger partial charge on any atom is -0.497 e. The summed E-state index contributed by atoms with van der Waals surface area (Å²) in [5.74, 6) is 2.28. The largest absolute Gasteiger partial charge is 0.497 e. The lowest BCUT2D eigenvalue weighted by Crippen LogP contribution is -2.35. The van der Waals surface area contributed by atoms with Crippen LogP contribution in [-0.4, -0.2) is 25.9 Å². The Morgan fingerprint density at radius 2 is 1.69 bits per heavy atom. The van der Waals surface area contributed by atoms with E-state index in [0.717, 1.165) is 43.6 Å². The third-order valence-electron chi connectivity index (χ3n) is 6.06. The summed E-state index contributed by atoms with van der Waals surface area (Å²) >= 11 is 0. The summed E-state index contributed by atoms with van der Waals surface area (Å²) in [5, 5.41) is 9.23. The van der Waals surface area contributed by atoms with Crippen LogP contribution in [-0.2, 0) is 11.8 Å². The van der Waals surface area contributed by atoms with Gasteiger partial charge in [0.05, 0.1) is 14.2 Å². The molecule has 3 nitrogen and oxygen atoms in total. The van der Waals surface area contributed by atoms with E-state index in [9.17, 15) is 5.11 Å². The molecule has 0 aromatic heterocycles. The van der Waals surface area contributed by atoms with Crippen molar-refractivity contribution >= 4 is 0 Å². The number of hydrogen-bond acceptors (Lipinski definition) is 3. The van der Waals surface area contributed by atoms with Crippen LogP contribution in [0.5, 0.6) is 11.5 Å². The van der Waals surface area contributed by atoms with Crippen molar-refractivity contribution in [2.24, 2.45) is 0 Å². The van der Waals surface area contributed by atoms with E-state index in [0.29, 0.717) is 5.92 Å². The third-order valence-corrected chi connectivity index (χ3v) is 6.06. The summed E-state index contributed by atoms with van der Waals surface area (Å²) < 4.78 is 10.8. The van der Waals surface area contributed by atoms with Crippen molar-refractivity contribution in [1.82, 2.24) is 0 Å². The molecule has 0 bridgehead atoms. The number of aliphatic hydroxyl groups is 1. The molecule has 2 atom stereocenters. The maximum Gasteiger partial charge on any atom is 0.119 e. The molecule has 0 fully saturated rings. The van der Waals surface area contributed by atoms with Gasteiger partial charge in [0, 0.05) is 6.61 Å². The van der Waals surface area contributed by atoms with Crippen molar-refractivity contribution < 1.29 is 14.6 Å². The standard InChI is InChI=1S/C23H30O3/c1-23(18-7-9-19(25-2)10-8-18)14-13-17-16-20(26-3)11-12-21(17)22(23)6-4-5-15-24/h7-12,16,22,24H,4-6,13-15H2,1-3H3. The second-order valence-corrected chi connectivity index (χ2v) is 7.48. The molecule has 0 radical (unpaired) electrons. The van der Waals surface area contributed by atoms with Gasteiger partial charge >= 0.3 is 0 Å². The van der Waals surface area contributed by atoms with Crippen LogP contribution in [0.4, 0.5) is 0 Å². The van der Waals surface area contributed by atoms with Gasteiger partial charge in [0.15, 0.2) is 0 Å². The SMILES string of the molecule is COc1ccc(C2(C)CCc3cc(OC)ccc3C2CCCCO)cc1. The molecule has 0 aliphatic heterocycles. The zero-order valence-corrected chi connectivity index (χ0v) is 16.1. The average Bonchev–Trinajstić information content (AvgIpc) is 2.69. The quantitative estimate of drug-likeness (QED) is 0.722. The Hall–Kier alpha value is -2.00. The van der Waals surface area contributed by atoms with E-state index in [4.69, 9.17) is 9.47 Å². The fourth-order valence-electron chi connectivity index (χ4n) is 4.43. The predicted octanol–water partition coefficient (Wildman–Crippen LogP) is 4.85. The molecule has 3 rings (SSSR count). The minimum absolute atomic E-state index is 0.0866. The molecule has 0 heterocycles. The van der Waals surface area contributed by atoms with E-state index in [1.165, 1.54) is 16.7 Å². The molecular formula is C23H30O3. The molecule has 0 spiro atoms.